The van der Waals surface area contributed by atoms with Crippen molar-refractivity contribution in [1.29, 1.82) is 0 Å². The van der Waals surface area contributed by atoms with E-state index in [-0.39, 0.29) is 23.0 Å². The van der Waals surface area contributed by atoms with Gasteiger partial charge in [-0.05, 0) is 42.5 Å². The van der Waals surface area contributed by atoms with Gasteiger partial charge < -0.3 is 15.5 Å². The number of amides is 1. The minimum atomic E-state index is -0.367. The largest absolute Gasteiger partial charge is 0.504 e. The zero-order valence-electron chi connectivity index (χ0n) is 10.9. The van der Waals surface area contributed by atoms with Gasteiger partial charge in [0.25, 0.3) is 5.91 Å². The molecular weight excluding hydrogens is 268 g/mol. The monoisotopic (exact) mass is 280 g/mol. The van der Waals surface area contributed by atoms with Gasteiger partial charge in [0.1, 0.15) is 0 Å². The van der Waals surface area contributed by atoms with Crippen molar-refractivity contribution in [2.24, 2.45) is 0 Å². The number of rotatable bonds is 2. The maximum atomic E-state index is 12.1. The maximum Gasteiger partial charge on any atom is 0.255 e. The number of nitrogens with one attached hydrogen (secondary N) is 1. The number of hydrogen-bond donors (Lipinski definition) is 3. The molecule has 0 saturated carbocycles. The third-order valence-corrected chi connectivity index (χ3v) is 3.10. The number of carbonyl (C=O) groups is 1. The van der Waals surface area contributed by atoms with E-state index < -0.39 is 0 Å². The Labute approximate surface area is 120 Å². The molecular formula is C16H12N2O3. The fraction of sp³-hybridized carbons (Fsp3) is 0. The number of nitrogens with zero attached hydrogens (tertiary/aromatic N) is 1. The first-order chi connectivity index (χ1) is 10.1. The Kier molecular flexibility index (Phi) is 3.16. The maximum absolute atomic E-state index is 12.1. The molecule has 0 aliphatic heterocycles. The summed E-state index contributed by atoms with van der Waals surface area (Å²) >= 11 is 0. The van der Waals surface area contributed by atoms with Crippen molar-refractivity contribution >= 4 is 22.5 Å². The molecule has 1 amide bonds. The second-order valence-corrected chi connectivity index (χ2v) is 4.57. The predicted octanol–water partition coefficient (Wildman–Crippen LogP) is 2.90. The smallest absolute Gasteiger partial charge is 0.255 e. The van der Waals surface area contributed by atoms with E-state index in [1.807, 2.05) is 24.3 Å². The highest BCUT2D eigenvalue weighted by Gasteiger charge is 2.09. The molecule has 3 N–H and O–H groups in total. The second-order valence-electron chi connectivity index (χ2n) is 4.57. The number of fused-ring (bicyclic) bond motifs is 1. The van der Waals surface area contributed by atoms with Crippen LogP contribution in [0.15, 0.2) is 54.7 Å². The Balaban J connectivity index is 1.87. The molecule has 3 aromatic rings. The first kappa shape index (κ1) is 12.9. The molecule has 0 saturated heterocycles. The highest BCUT2D eigenvalue weighted by atomic mass is 16.3. The summed E-state index contributed by atoms with van der Waals surface area (Å²) in [5.74, 6) is -0.956. The summed E-state index contributed by atoms with van der Waals surface area (Å²) in [6.45, 7) is 0. The number of aromatic hydroxyl groups is 2. The average molecular weight is 280 g/mol. The first-order valence-corrected chi connectivity index (χ1v) is 6.31. The molecule has 0 fully saturated rings. The minimum Gasteiger partial charge on any atom is -0.504 e. The SMILES string of the molecule is O=C(Nc1ccc2ncccc2c1)c1ccc(O)c(O)c1. The van der Waals surface area contributed by atoms with E-state index in [1.165, 1.54) is 18.2 Å². The van der Waals surface area contributed by atoms with E-state index >= 15 is 0 Å². The number of hydrogen-bond acceptors (Lipinski definition) is 4. The van der Waals surface area contributed by atoms with Crippen molar-refractivity contribution in [2.45, 2.75) is 0 Å². The lowest BCUT2D eigenvalue weighted by Gasteiger charge is -2.07. The fourth-order valence-corrected chi connectivity index (χ4v) is 2.02. The fourth-order valence-electron chi connectivity index (χ4n) is 2.02. The summed E-state index contributed by atoms with van der Waals surface area (Å²) in [7, 11) is 0. The molecule has 0 bridgehead atoms. The molecule has 0 spiro atoms. The number of phenolic OH excluding ortho intramolecular Hbond substituents is 2. The van der Waals surface area contributed by atoms with Crippen LogP contribution in [0.4, 0.5) is 5.69 Å². The molecule has 0 atom stereocenters. The molecule has 0 radical (unpaired) electrons. The van der Waals surface area contributed by atoms with Gasteiger partial charge in [0.05, 0.1) is 5.52 Å². The third kappa shape index (κ3) is 2.62. The summed E-state index contributed by atoms with van der Waals surface area (Å²) in [6, 6.07) is 13.1. The molecule has 21 heavy (non-hydrogen) atoms. The van der Waals surface area contributed by atoms with Crippen LogP contribution in [0.5, 0.6) is 11.5 Å². The molecule has 0 aliphatic rings. The van der Waals surface area contributed by atoms with Crippen LogP contribution in [0.3, 0.4) is 0 Å². The lowest BCUT2D eigenvalue weighted by molar-refractivity contribution is 0.102. The van der Waals surface area contributed by atoms with Crippen LogP contribution in [-0.4, -0.2) is 21.1 Å². The van der Waals surface area contributed by atoms with Gasteiger partial charge >= 0.3 is 0 Å². The van der Waals surface area contributed by atoms with Crippen molar-refractivity contribution in [3.63, 3.8) is 0 Å². The van der Waals surface area contributed by atoms with Gasteiger partial charge in [-0.1, -0.05) is 6.07 Å². The summed E-state index contributed by atoms with van der Waals surface area (Å²) in [5, 5.41) is 22.3. The number of anilines is 1. The van der Waals surface area contributed by atoms with Gasteiger partial charge in [0.15, 0.2) is 11.5 Å². The van der Waals surface area contributed by atoms with Crippen LogP contribution in [-0.2, 0) is 0 Å². The zero-order chi connectivity index (χ0) is 14.8. The Morgan fingerprint density at radius 3 is 2.67 bits per heavy atom. The standard InChI is InChI=1S/C16H12N2O3/c19-14-6-3-11(9-15(14)20)16(21)18-12-4-5-13-10(8-12)2-1-7-17-13/h1-9,19-20H,(H,18,21). The van der Waals surface area contributed by atoms with Crippen molar-refractivity contribution < 1.29 is 15.0 Å². The van der Waals surface area contributed by atoms with E-state index in [4.69, 9.17) is 0 Å². The van der Waals surface area contributed by atoms with Gasteiger partial charge in [-0.15, -0.1) is 0 Å². The number of phenols is 2. The zero-order valence-corrected chi connectivity index (χ0v) is 10.9. The lowest BCUT2D eigenvalue weighted by atomic mass is 10.1. The third-order valence-electron chi connectivity index (χ3n) is 3.10. The molecule has 104 valence electrons. The van der Waals surface area contributed by atoms with Crippen LogP contribution >= 0.6 is 0 Å². The van der Waals surface area contributed by atoms with Crippen LogP contribution in [0.2, 0.25) is 0 Å². The van der Waals surface area contributed by atoms with Gasteiger partial charge in [-0.3, -0.25) is 9.78 Å². The Morgan fingerprint density at radius 2 is 1.86 bits per heavy atom. The predicted molar refractivity (Wildman–Crippen MR) is 79.5 cm³/mol. The topological polar surface area (TPSA) is 82.5 Å². The molecule has 2 aromatic carbocycles. The molecule has 1 aromatic heterocycles. The van der Waals surface area contributed by atoms with Gasteiger partial charge in [-0.2, -0.15) is 0 Å². The van der Waals surface area contributed by atoms with Crippen LogP contribution in [0, 0.1) is 0 Å². The lowest BCUT2D eigenvalue weighted by Crippen LogP contribution is -2.11. The highest BCUT2D eigenvalue weighted by Crippen LogP contribution is 2.25. The number of aromatic nitrogens is 1. The van der Waals surface area contributed by atoms with Crippen LogP contribution in [0.25, 0.3) is 10.9 Å². The summed E-state index contributed by atoms with van der Waals surface area (Å²) in [6.07, 6.45) is 1.71. The quantitative estimate of drug-likeness (QED) is 0.630. The molecule has 5 nitrogen and oxygen atoms in total. The highest BCUT2D eigenvalue weighted by molar-refractivity contribution is 6.05. The second kappa shape index (κ2) is 5.13. The van der Waals surface area contributed by atoms with Crippen molar-refractivity contribution in [2.75, 3.05) is 5.32 Å². The molecule has 1 heterocycles. The average Bonchev–Trinajstić information content (AvgIpc) is 2.50. The Morgan fingerprint density at radius 1 is 1.00 bits per heavy atom. The summed E-state index contributed by atoms with van der Waals surface area (Å²) in [5.41, 5.74) is 1.74. The van der Waals surface area contributed by atoms with E-state index in [0.29, 0.717) is 5.69 Å². The van der Waals surface area contributed by atoms with E-state index in [0.717, 1.165) is 10.9 Å². The van der Waals surface area contributed by atoms with Crippen LogP contribution < -0.4 is 5.32 Å². The van der Waals surface area contributed by atoms with Gasteiger partial charge in [0.2, 0.25) is 0 Å². The molecule has 5 heteroatoms. The minimum absolute atomic E-state index is 0.261. The number of pyridine rings is 1. The first-order valence-electron chi connectivity index (χ1n) is 6.31. The van der Waals surface area contributed by atoms with Gasteiger partial charge in [0, 0.05) is 22.8 Å². The number of benzene rings is 2. The van der Waals surface area contributed by atoms with Crippen molar-refractivity contribution in [3.8, 4) is 11.5 Å². The van der Waals surface area contributed by atoms with Crippen LogP contribution in [0.1, 0.15) is 10.4 Å². The van der Waals surface area contributed by atoms with E-state index in [2.05, 4.69) is 10.3 Å². The van der Waals surface area contributed by atoms with Crippen molar-refractivity contribution in [3.05, 3.63) is 60.3 Å². The molecule has 3 rings (SSSR count). The Hall–Kier alpha value is -3.08. The molecule has 0 unspecified atom stereocenters. The van der Waals surface area contributed by atoms with Crippen molar-refractivity contribution in [1.82, 2.24) is 4.98 Å². The Bertz CT molecular complexity index is 831. The number of carbonyl (C=O) groups excluding carboxylic acids is 1. The van der Waals surface area contributed by atoms with E-state index in [1.54, 1.807) is 12.3 Å². The molecule has 0 aliphatic carbocycles. The van der Waals surface area contributed by atoms with Gasteiger partial charge in [-0.25, -0.2) is 0 Å². The summed E-state index contributed by atoms with van der Waals surface area (Å²) in [4.78, 5) is 16.3. The normalized spacial score (nSPS) is 10.5. The summed E-state index contributed by atoms with van der Waals surface area (Å²) < 4.78 is 0. The van der Waals surface area contributed by atoms with E-state index in [9.17, 15) is 15.0 Å².